The van der Waals surface area contributed by atoms with Crippen LogP contribution in [-0.4, -0.2) is 16.4 Å². The molecule has 9 aromatic rings. The van der Waals surface area contributed by atoms with E-state index < -0.39 is 0 Å². The van der Waals surface area contributed by atoms with Crippen LogP contribution in [0.4, 0.5) is 5.69 Å². The smallest absolute Gasteiger partial charge is 0.268 e. The van der Waals surface area contributed by atoms with E-state index in [1.165, 1.54) is 4.90 Å². The van der Waals surface area contributed by atoms with Crippen LogP contribution >= 0.6 is 0 Å². The zero-order chi connectivity index (χ0) is 36.2. The van der Waals surface area contributed by atoms with E-state index in [-0.39, 0.29) is 11.8 Å². The number of para-hydroxylation sites is 2. The number of nitrogens with zero attached hydrogens (tertiary/aromatic N) is 2. The molecule has 0 bridgehead atoms. The van der Waals surface area contributed by atoms with E-state index in [1.54, 1.807) is 6.07 Å². The van der Waals surface area contributed by atoms with Gasteiger partial charge < -0.3 is 4.57 Å². The number of anilines is 1. The summed E-state index contributed by atoms with van der Waals surface area (Å²) in [5.74, 6) is -0.691. The molecule has 0 N–H and O–H groups in total. The Bertz CT molecular complexity index is 2800. The van der Waals surface area contributed by atoms with Crippen LogP contribution in [0.25, 0.3) is 72.0 Å². The van der Waals surface area contributed by atoms with Gasteiger partial charge in [-0.1, -0.05) is 176 Å². The molecule has 1 aliphatic rings. The first-order valence-corrected chi connectivity index (χ1v) is 18.1. The van der Waals surface area contributed by atoms with E-state index in [0.717, 1.165) is 66.3 Å². The number of carbonyl (C=O) groups excluding carboxylic acids is 2. The molecule has 0 aliphatic carbocycles. The Morgan fingerprint density at radius 2 is 0.778 bits per heavy atom. The van der Waals surface area contributed by atoms with Crippen molar-refractivity contribution in [3.63, 3.8) is 0 Å². The Morgan fingerprint density at radius 3 is 1.31 bits per heavy atom. The third kappa shape index (κ3) is 4.92. The summed E-state index contributed by atoms with van der Waals surface area (Å²) in [6.07, 6.45) is 0. The molecule has 1 aromatic heterocycles. The number of hydrogen-bond acceptors (Lipinski definition) is 2. The van der Waals surface area contributed by atoms with Crippen molar-refractivity contribution in [3.8, 4) is 50.2 Å². The molecule has 4 heteroatoms. The zero-order valence-electron chi connectivity index (χ0n) is 29.2. The fraction of sp³-hybridized carbons (Fsp3) is 0. The molecule has 0 spiro atoms. The highest BCUT2D eigenvalue weighted by Gasteiger charge is 2.41. The van der Waals surface area contributed by atoms with Gasteiger partial charge >= 0.3 is 0 Å². The summed E-state index contributed by atoms with van der Waals surface area (Å²) in [6, 6.07) is 65.2. The van der Waals surface area contributed by atoms with Gasteiger partial charge in [0.05, 0.1) is 33.5 Å². The highest BCUT2D eigenvalue weighted by Crippen LogP contribution is 2.45. The lowest BCUT2D eigenvalue weighted by Crippen LogP contribution is -2.30. The van der Waals surface area contributed by atoms with Crippen molar-refractivity contribution in [2.75, 3.05) is 4.90 Å². The second kappa shape index (κ2) is 12.7. The van der Waals surface area contributed by atoms with Crippen molar-refractivity contribution in [2.24, 2.45) is 0 Å². The number of amides is 2. The summed E-state index contributed by atoms with van der Waals surface area (Å²) in [4.78, 5) is 31.4. The van der Waals surface area contributed by atoms with Crippen LogP contribution in [0.3, 0.4) is 0 Å². The van der Waals surface area contributed by atoms with E-state index in [1.807, 2.05) is 121 Å². The van der Waals surface area contributed by atoms with E-state index in [4.69, 9.17) is 0 Å². The quantitative estimate of drug-likeness (QED) is 0.163. The van der Waals surface area contributed by atoms with Gasteiger partial charge in [-0.15, -0.1) is 0 Å². The second-order valence-corrected chi connectivity index (χ2v) is 13.6. The van der Waals surface area contributed by atoms with Crippen LogP contribution < -0.4 is 4.90 Å². The summed E-state index contributed by atoms with van der Waals surface area (Å²) < 4.78 is 2.22. The average molecular weight is 693 g/mol. The molecular formula is C50H32N2O2. The average Bonchev–Trinajstić information content (AvgIpc) is 3.72. The molecule has 0 atom stereocenters. The maximum atomic E-state index is 15.2. The monoisotopic (exact) mass is 692 g/mol. The van der Waals surface area contributed by atoms with Gasteiger partial charge in [-0.3, -0.25) is 9.59 Å². The number of benzene rings is 8. The van der Waals surface area contributed by atoms with Gasteiger partial charge in [-0.25, -0.2) is 4.90 Å². The Hall–Kier alpha value is -7.30. The summed E-state index contributed by atoms with van der Waals surface area (Å²) >= 11 is 0. The van der Waals surface area contributed by atoms with Crippen molar-refractivity contribution < 1.29 is 9.59 Å². The van der Waals surface area contributed by atoms with Gasteiger partial charge in [-0.05, 0) is 46.0 Å². The Balaban J connectivity index is 1.26. The van der Waals surface area contributed by atoms with E-state index in [0.29, 0.717) is 22.5 Å². The second-order valence-electron chi connectivity index (χ2n) is 13.6. The van der Waals surface area contributed by atoms with Gasteiger partial charge in [-0.2, -0.15) is 0 Å². The Kier molecular flexibility index (Phi) is 7.41. The molecule has 0 radical (unpaired) electrons. The van der Waals surface area contributed by atoms with Crippen LogP contribution in [0, 0.1) is 0 Å². The normalized spacial score (nSPS) is 12.5. The summed E-state index contributed by atoms with van der Waals surface area (Å²) in [6.45, 7) is 0. The lowest BCUT2D eigenvalue weighted by Gasteiger charge is -2.20. The number of imide groups is 1. The minimum atomic E-state index is -0.350. The molecule has 0 unspecified atom stereocenters. The first kappa shape index (κ1) is 31.4. The van der Waals surface area contributed by atoms with Crippen LogP contribution in [0.2, 0.25) is 0 Å². The molecule has 1 aliphatic heterocycles. The standard InChI is InChI=1S/C50H32N2O2/c53-49-43-28-15-29-44(46(43)50(54)52(49)45-32-37(33-16-5-1-6-17-33)30-31-38(45)34-18-7-2-8-19-34)51-47-39(35-20-9-3-10-21-35)24-13-26-41(47)42-27-14-25-40(48(42)51)36-22-11-4-12-23-36/h1-32H. The SMILES string of the molecule is O=C1c2cccc(-n3c4c(-c5ccccc5)cccc4c4cccc(-c5ccccc5)c43)c2C(=O)N1c1cc(-c2ccccc2)ccc1-c1ccccc1. The number of carbonyl (C=O) groups is 2. The van der Waals surface area contributed by atoms with Crippen molar-refractivity contribution in [1.29, 1.82) is 0 Å². The van der Waals surface area contributed by atoms with Gasteiger partial charge in [0.2, 0.25) is 0 Å². The molecule has 2 heterocycles. The summed E-state index contributed by atoms with van der Waals surface area (Å²) in [7, 11) is 0. The van der Waals surface area contributed by atoms with Crippen LogP contribution in [0.5, 0.6) is 0 Å². The van der Waals surface area contributed by atoms with Crippen molar-refractivity contribution in [2.45, 2.75) is 0 Å². The molecular weight excluding hydrogens is 661 g/mol. The van der Waals surface area contributed by atoms with Crippen LogP contribution in [0.1, 0.15) is 20.7 Å². The fourth-order valence-corrected chi connectivity index (χ4v) is 8.12. The van der Waals surface area contributed by atoms with Crippen molar-refractivity contribution >= 4 is 39.3 Å². The van der Waals surface area contributed by atoms with Crippen molar-refractivity contribution in [1.82, 2.24) is 4.57 Å². The molecule has 4 nitrogen and oxygen atoms in total. The van der Waals surface area contributed by atoms with E-state index in [9.17, 15) is 4.79 Å². The number of aromatic nitrogens is 1. The summed E-state index contributed by atoms with van der Waals surface area (Å²) in [5, 5.41) is 2.13. The number of fused-ring (bicyclic) bond motifs is 4. The van der Waals surface area contributed by atoms with Crippen LogP contribution in [-0.2, 0) is 0 Å². The molecule has 2 amide bonds. The van der Waals surface area contributed by atoms with E-state index in [2.05, 4.69) is 71.3 Å². The van der Waals surface area contributed by atoms with Gasteiger partial charge in [0.15, 0.2) is 0 Å². The predicted octanol–water partition coefficient (Wildman–Crippen LogP) is 12.3. The van der Waals surface area contributed by atoms with Crippen molar-refractivity contribution in [3.05, 3.63) is 205 Å². The highest BCUT2D eigenvalue weighted by molar-refractivity contribution is 6.36. The van der Waals surface area contributed by atoms with Gasteiger partial charge in [0, 0.05) is 27.5 Å². The molecule has 10 rings (SSSR count). The first-order valence-electron chi connectivity index (χ1n) is 18.1. The fourth-order valence-electron chi connectivity index (χ4n) is 8.12. The molecule has 0 saturated carbocycles. The summed E-state index contributed by atoms with van der Waals surface area (Å²) in [5.41, 5.74) is 11.8. The Labute approximate surface area is 312 Å². The largest absolute Gasteiger partial charge is 0.307 e. The molecule has 0 fully saturated rings. The number of hydrogen-bond donors (Lipinski definition) is 0. The molecule has 0 saturated heterocycles. The van der Waals surface area contributed by atoms with E-state index >= 15 is 4.79 Å². The lowest BCUT2D eigenvalue weighted by molar-refractivity contribution is 0.0926. The zero-order valence-corrected chi connectivity index (χ0v) is 29.2. The first-order chi connectivity index (χ1) is 26.7. The highest BCUT2D eigenvalue weighted by atomic mass is 16.2. The molecule has 8 aromatic carbocycles. The Morgan fingerprint density at radius 1 is 0.315 bits per heavy atom. The minimum absolute atomic E-state index is 0.341. The van der Waals surface area contributed by atoms with Crippen LogP contribution in [0.15, 0.2) is 194 Å². The lowest BCUT2D eigenvalue weighted by atomic mass is 9.97. The predicted molar refractivity (Wildman–Crippen MR) is 220 cm³/mol. The number of rotatable bonds is 6. The third-order valence-electron chi connectivity index (χ3n) is 10.5. The maximum absolute atomic E-state index is 15.2. The van der Waals surface area contributed by atoms with Gasteiger partial charge in [0.1, 0.15) is 0 Å². The molecule has 54 heavy (non-hydrogen) atoms. The topological polar surface area (TPSA) is 42.3 Å². The van der Waals surface area contributed by atoms with Gasteiger partial charge in [0.25, 0.3) is 11.8 Å². The third-order valence-corrected chi connectivity index (χ3v) is 10.5. The minimum Gasteiger partial charge on any atom is -0.307 e. The maximum Gasteiger partial charge on any atom is 0.268 e. The molecule has 254 valence electrons.